The van der Waals surface area contributed by atoms with Gasteiger partial charge in [-0.05, 0) is 51.9 Å². The molecule has 2 aromatic rings. The van der Waals surface area contributed by atoms with E-state index in [-0.39, 0.29) is 5.91 Å². The van der Waals surface area contributed by atoms with Crippen molar-refractivity contribution in [2.45, 2.75) is 83.1 Å². The molecule has 6 heteroatoms. The highest BCUT2D eigenvalue weighted by Crippen LogP contribution is 2.32. The molecule has 1 aliphatic heterocycles. The molecule has 4 N–H and O–H groups in total. The van der Waals surface area contributed by atoms with E-state index < -0.39 is 0 Å². The van der Waals surface area contributed by atoms with E-state index in [9.17, 15) is 4.79 Å². The highest BCUT2D eigenvalue weighted by atomic mass is 16.1. The number of unbranched alkanes of at least 4 members (excludes halogenated alkanes) is 8. The molecule has 1 fully saturated rings. The van der Waals surface area contributed by atoms with E-state index >= 15 is 0 Å². The fourth-order valence-corrected chi connectivity index (χ4v) is 4.47. The highest BCUT2D eigenvalue weighted by molar-refractivity contribution is 5.92. The van der Waals surface area contributed by atoms with E-state index in [1.165, 1.54) is 57.1 Å². The Morgan fingerprint density at radius 3 is 2.50 bits per heavy atom. The third-order valence-electron chi connectivity index (χ3n) is 6.28. The Morgan fingerprint density at radius 1 is 1.13 bits per heavy atom. The summed E-state index contributed by atoms with van der Waals surface area (Å²) < 4.78 is 0. The fraction of sp³-hybridized carbons (Fsp3) is 0.667. The molecule has 166 valence electrons. The number of fused-ring (bicyclic) bond motifs is 1. The van der Waals surface area contributed by atoms with Crippen LogP contribution in [0.2, 0.25) is 0 Å². The van der Waals surface area contributed by atoms with Crippen LogP contribution >= 0.6 is 0 Å². The van der Waals surface area contributed by atoms with Gasteiger partial charge >= 0.3 is 0 Å². The minimum absolute atomic E-state index is 0.0611. The molecule has 30 heavy (non-hydrogen) atoms. The van der Waals surface area contributed by atoms with Gasteiger partial charge in [-0.15, -0.1) is 0 Å². The van der Waals surface area contributed by atoms with Crippen molar-refractivity contribution in [3.63, 3.8) is 0 Å². The number of amides is 1. The molecule has 6 nitrogen and oxygen atoms in total. The van der Waals surface area contributed by atoms with Gasteiger partial charge in [-0.25, -0.2) is 4.98 Å². The first-order valence-corrected chi connectivity index (χ1v) is 11.9. The smallest absolute Gasteiger partial charge is 0.225 e. The van der Waals surface area contributed by atoms with E-state index in [0.717, 1.165) is 43.3 Å². The number of aromatic nitrogens is 2. The topological polar surface area (TPSA) is 87.0 Å². The van der Waals surface area contributed by atoms with Crippen LogP contribution in [0.3, 0.4) is 0 Å². The van der Waals surface area contributed by atoms with Gasteiger partial charge in [0.25, 0.3) is 0 Å². The van der Waals surface area contributed by atoms with Crippen molar-refractivity contribution in [1.82, 2.24) is 14.9 Å². The fourth-order valence-electron chi connectivity index (χ4n) is 4.47. The summed E-state index contributed by atoms with van der Waals surface area (Å²) in [6.07, 6.45) is 15.7. The first kappa shape index (κ1) is 22.8. The lowest BCUT2D eigenvalue weighted by atomic mass is 10.1. The van der Waals surface area contributed by atoms with Gasteiger partial charge in [-0.2, -0.15) is 0 Å². The number of likely N-dealkylation sites (tertiary alicyclic amines) is 1. The Bertz CT molecular complexity index is 787. The van der Waals surface area contributed by atoms with Gasteiger partial charge in [0.05, 0.1) is 5.52 Å². The van der Waals surface area contributed by atoms with Crippen molar-refractivity contribution in [2.24, 2.45) is 5.73 Å². The van der Waals surface area contributed by atoms with Crippen LogP contribution in [-0.4, -0.2) is 40.9 Å². The highest BCUT2D eigenvalue weighted by Gasteiger charge is 2.24. The number of hydrogen-bond donors (Lipinski definition) is 3. The molecule has 0 unspecified atom stereocenters. The minimum Gasteiger partial charge on any atom is -0.357 e. The van der Waals surface area contributed by atoms with Crippen molar-refractivity contribution < 1.29 is 4.79 Å². The Kier molecular flexibility index (Phi) is 9.15. The van der Waals surface area contributed by atoms with E-state index in [1.807, 2.05) is 12.3 Å². The second kappa shape index (κ2) is 12.1. The summed E-state index contributed by atoms with van der Waals surface area (Å²) in [6, 6.07) is 4.61. The molecule has 0 radical (unpaired) electrons. The second-order valence-electron chi connectivity index (χ2n) is 8.79. The number of nitrogens with zero attached hydrogens (tertiary/aromatic N) is 2. The van der Waals surface area contributed by atoms with Crippen LogP contribution in [0.25, 0.3) is 10.9 Å². The van der Waals surface area contributed by atoms with Crippen molar-refractivity contribution >= 4 is 22.6 Å². The normalized spacial score (nSPS) is 17.1. The molecule has 1 saturated heterocycles. The van der Waals surface area contributed by atoms with Gasteiger partial charge in [0, 0.05) is 35.8 Å². The maximum Gasteiger partial charge on any atom is 0.225 e. The van der Waals surface area contributed by atoms with Gasteiger partial charge in [-0.1, -0.05) is 44.9 Å². The van der Waals surface area contributed by atoms with Crippen molar-refractivity contribution in [3.05, 3.63) is 24.0 Å². The van der Waals surface area contributed by atoms with Gasteiger partial charge in [0.15, 0.2) is 0 Å². The Balaban J connectivity index is 1.35. The van der Waals surface area contributed by atoms with E-state index in [2.05, 4.69) is 33.3 Å². The summed E-state index contributed by atoms with van der Waals surface area (Å²) in [4.78, 5) is 22.6. The van der Waals surface area contributed by atoms with Gasteiger partial charge in [0.2, 0.25) is 5.91 Å². The number of rotatable bonds is 13. The summed E-state index contributed by atoms with van der Waals surface area (Å²) in [5.74, 6) is 0.698. The lowest BCUT2D eigenvalue weighted by Crippen LogP contribution is -2.17. The van der Waals surface area contributed by atoms with Gasteiger partial charge in [0.1, 0.15) is 5.82 Å². The van der Waals surface area contributed by atoms with Crippen LogP contribution in [0.15, 0.2) is 18.3 Å². The predicted molar refractivity (Wildman–Crippen MR) is 125 cm³/mol. The summed E-state index contributed by atoms with van der Waals surface area (Å²) in [6.45, 7) is 1.96. The Hall–Kier alpha value is -1.92. The van der Waals surface area contributed by atoms with E-state index in [0.29, 0.717) is 18.3 Å². The zero-order valence-corrected chi connectivity index (χ0v) is 18.6. The predicted octanol–water partition coefficient (Wildman–Crippen LogP) is 5.13. The number of pyridine rings is 1. The van der Waals surface area contributed by atoms with Crippen molar-refractivity contribution in [1.29, 1.82) is 0 Å². The second-order valence-corrected chi connectivity index (χ2v) is 8.79. The van der Waals surface area contributed by atoms with Crippen molar-refractivity contribution in [3.8, 4) is 0 Å². The van der Waals surface area contributed by atoms with Crippen LogP contribution in [0.5, 0.6) is 0 Å². The maximum absolute atomic E-state index is 12.3. The van der Waals surface area contributed by atoms with Gasteiger partial charge in [-0.3, -0.25) is 9.69 Å². The number of anilines is 1. The number of nitrogens with two attached hydrogens (primary N) is 1. The Morgan fingerprint density at radius 2 is 1.83 bits per heavy atom. The van der Waals surface area contributed by atoms with Crippen LogP contribution in [0.1, 0.15) is 88.8 Å². The molecular formula is C24H39N5O. The van der Waals surface area contributed by atoms with Crippen molar-refractivity contribution in [2.75, 3.05) is 25.5 Å². The molecule has 0 saturated carbocycles. The first-order valence-electron chi connectivity index (χ1n) is 11.9. The molecule has 0 bridgehead atoms. The van der Waals surface area contributed by atoms with E-state index in [1.54, 1.807) is 0 Å². The molecule has 0 spiro atoms. The molecule has 3 rings (SSSR count). The maximum atomic E-state index is 12.3. The number of hydrogen-bond acceptors (Lipinski definition) is 4. The molecule has 0 aliphatic carbocycles. The lowest BCUT2D eigenvalue weighted by molar-refractivity contribution is -0.116. The zero-order valence-electron chi connectivity index (χ0n) is 18.6. The standard InChI is InChI=1S/C24H39N5O/c1-29-15-11-12-22(29)21-16-19-18-26-23(17-20(19)27-21)28-24(30)13-9-7-5-3-2-4-6-8-10-14-25/h16-18,22,27H,2-15,25H2,1H3,(H,26,28,30)/t22-/m0/s1. The summed E-state index contributed by atoms with van der Waals surface area (Å²) in [7, 11) is 2.18. The molecule has 3 heterocycles. The molecule has 1 atom stereocenters. The molecule has 2 aromatic heterocycles. The minimum atomic E-state index is 0.0611. The zero-order chi connectivity index (χ0) is 21.2. The number of carbonyl (C=O) groups excluding carboxylic acids is 1. The van der Waals surface area contributed by atoms with E-state index in [4.69, 9.17) is 5.73 Å². The summed E-state index contributed by atoms with van der Waals surface area (Å²) >= 11 is 0. The lowest BCUT2D eigenvalue weighted by Gasteiger charge is -2.17. The number of aromatic amines is 1. The van der Waals surface area contributed by atoms with Crippen LogP contribution in [0, 0.1) is 0 Å². The third kappa shape index (κ3) is 6.81. The summed E-state index contributed by atoms with van der Waals surface area (Å²) in [5.41, 5.74) is 7.80. The molecule has 0 aromatic carbocycles. The third-order valence-corrected chi connectivity index (χ3v) is 6.28. The molecule has 1 aliphatic rings. The quantitative estimate of drug-likeness (QED) is 0.397. The average Bonchev–Trinajstić information content (AvgIpc) is 3.34. The largest absolute Gasteiger partial charge is 0.357 e. The summed E-state index contributed by atoms with van der Waals surface area (Å²) in [5, 5.41) is 4.06. The van der Waals surface area contributed by atoms with Crippen LogP contribution in [0.4, 0.5) is 5.82 Å². The average molecular weight is 414 g/mol. The van der Waals surface area contributed by atoms with Crippen LogP contribution < -0.4 is 11.1 Å². The molecule has 1 amide bonds. The SMILES string of the molecule is CN1CCC[C@H]1c1cc2cnc(NC(=O)CCCCCCCCCCCN)cc2[nH]1. The monoisotopic (exact) mass is 413 g/mol. The first-order chi connectivity index (χ1) is 14.7. The van der Waals surface area contributed by atoms with Crippen LogP contribution in [-0.2, 0) is 4.79 Å². The number of carbonyl (C=O) groups is 1. The number of H-pyrrole nitrogens is 1. The van der Waals surface area contributed by atoms with Gasteiger partial charge < -0.3 is 16.0 Å². The number of nitrogens with one attached hydrogen (secondary N) is 2. The molecular weight excluding hydrogens is 374 g/mol. The Labute approximate surface area is 181 Å².